The van der Waals surface area contributed by atoms with E-state index in [9.17, 15) is 9.90 Å². The molecule has 24 heavy (non-hydrogen) atoms. The van der Waals surface area contributed by atoms with Gasteiger partial charge in [-0.3, -0.25) is 0 Å². The largest absolute Gasteiger partial charge is 0.378 e. The van der Waals surface area contributed by atoms with Gasteiger partial charge in [0.2, 0.25) is 0 Å². The molecular weight excluding hydrogens is 326 g/mol. The standard InChI is InChI=1S/C19H16ClNO3/c1-19(2,23)12-11-14-7-9-15(10-8-14)13-21-24-18(22)16-5-3-4-6-17(16)20/h3-10,13,23H,1-2H3/b21-13+. The summed E-state index contributed by atoms with van der Waals surface area (Å²) < 4.78 is 0. The Balaban J connectivity index is 1.98. The molecule has 0 aliphatic heterocycles. The number of rotatable bonds is 3. The number of aliphatic hydroxyl groups is 1. The van der Waals surface area contributed by atoms with Gasteiger partial charge in [0.15, 0.2) is 0 Å². The molecule has 122 valence electrons. The molecule has 0 saturated heterocycles. The first kappa shape index (κ1) is 17.7. The quantitative estimate of drug-likeness (QED) is 0.401. The first-order chi connectivity index (χ1) is 11.3. The smallest absolute Gasteiger partial charge is 0.367 e. The summed E-state index contributed by atoms with van der Waals surface area (Å²) in [7, 11) is 0. The van der Waals surface area contributed by atoms with Crippen molar-refractivity contribution in [3.63, 3.8) is 0 Å². The molecule has 0 bridgehead atoms. The molecule has 0 aromatic heterocycles. The van der Waals surface area contributed by atoms with Crippen molar-refractivity contribution in [3.8, 4) is 11.8 Å². The lowest BCUT2D eigenvalue weighted by molar-refractivity contribution is 0.0519. The average molecular weight is 342 g/mol. The first-order valence-corrected chi connectivity index (χ1v) is 7.58. The third-order valence-electron chi connectivity index (χ3n) is 2.85. The van der Waals surface area contributed by atoms with Gasteiger partial charge < -0.3 is 9.94 Å². The highest BCUT2D eigenvalue weighted by atomic mass is 35.5. The highest BCUT2D eigenvalue weighted by molar-refractivity contribution is 6.33. The van der Waals surface area contributed by atoms with Crippen LogP contribution in [0.2, 0.25) is 5.02 Å². The van der Waals surface area contributed by atoms with Crippen LogP contribution >= 0.6 is 11.6 Å². The maximum atomic E-state index is 11.8. The minimum Gasteiger partial charge on any atom is -0.378 e. The van der Waals surface area contributed by atoms with E-state index in [2.05, 4.69) is 17.0 Å². The molecule has 0 amide bonds. The minimum atomic E-state index is -1.03. The van der Waals surface area contributed by atoms with E-state index in [1.165, 1.54) is 6.21 Å². The predicted octanol–water partition coefficient (Wildman–Crippen LogP) is 3.65. The molecule has 0 aliphatic rings. The van der Waals surface area contributed by atoms with Crippen molar-refractivity contribution < 1.29 is 14.7 Å². The molecular formula is C19H16ClNO3. The molecule has 2 aromatic carbocycles. The Morgan fingerprint density at radius 2 is 1.88 bits per heavy atom. The fourth-order valence-corrected chi connectivity index (χ4v) is 1.90. The highest BCUT2D eigenvalue weighted by Crippen LogP contribution is 2.15. The van der Waals surface area contributed by atoms with Gasteiger partial charge in [0.1, 0.15) is 5.60 Å². The van der Waals surface area contributed by atoms with Gasteiger partial charge in [-0.15, -0.1) is 0 Å². The Bertz CT molecular complexity index is 809. The fourth-order valence-electron chi connectivity index (χ4n) is 1.69. The minimum absolute atomic E-state index is 0.258. The Labute approximate surface area is 145 Å². The van der Waals surface area contributed by atoms with Gasteiger partial charge in [-0.05, 0) is 43.7 Å². The Morgan fingerprint density at radius 3 is 2.50 bits per heavy atom. The molecule has 0 heterocycles. The molecule has 0 unspecified atom stereocenters. The van der Waals surface area contributed by atoms with Crippen LogP contribution in [-0.4, -0.2) is 22.9 Å². The van der Waals surface area contributed by atoms with Crippen molar-refractivity contribution in [2.45, 2.75) is 19.4 Å². The van der Waals surface area contributed by atoms with Crippen LogP contribution in [0.15, 0.2) is 53.7 Å². The molecule has 2 rings (SSSR count). The second-order valence-corrected chi connectivity index (χ2v) is 5.93. The van der Waals surface area contributed by atoms with Gasteiger partial charge in [0.05, 0.1) is 16.8 Å². The number of benzene rings is 2. The lowest BCUT2D eigenvalue weighted by Gasteiger charge is -2.05. The molecule has 0 spiro atoms. The van der Waals surface area contributed by atoms with Gasteiger partial charge in [-0.2, -0.15) is 0 Å². The number of nitrogens with zero attached hydrogens (tertiary/aromatic N) is 1. The molecule has 0 fully saturated rings. The van der Waals surface area contributed by atoms with E-state index in [0.717, 1.165) is 11.1 Å². The molecule has 2 aromatic rings. The summed E-state index contributed by atoms with van der Waals surface area (Å²) in [5, 5.41) is 13.5. The van der Waals surface area contributed by atoms with Crippen molar-refractivity contribution in [2.24, 2.45) is 5.16 Å². The summed E-state index contributed by atoms with van der Waals surface area (Å²) in [6, 6.07) is 13.7. The van der Waals surface area contributed by atoms with E-state index in [1.807, 2.05) is 0 Å². The zero-order valence-electron chi connectivity index (χ0n) is 13.3. The highest BCUT2D eigenvalue weighted by Gasteiger charge is 2.10. The topological polar surface area (TPSA) is 58.9 Å². The Morgan fingerprint density at radius 1 is 1.21 bits per heavy atom. The van der Waals surface area contributed by atoms with E-state index in [0.29, 0.717) is 5.02 Å². The molecule has 0 radical (unpaired) electrons. The van der Waals surface area contributed by atoms with Gasteiger partial charge in [-0.1, -0.05) is 52.9 Å². The zero-order valence-corrected chi connectivity index (χ0v) is 14.0. The van der Waals surface area contributed by atoms with Gasteiger partial charge >= 0.3 is 5.97 Å². The van der Waals surface area contributed by atoms with Crippen molar-refractivity contribution >= 4 is 23.8 Å². The number of hydrogen-bond donors (Lipinski definition) is 1. The maximum Gasteiger partial charge on any atom is 0.367 e. The lowest BCUT2D eigenvalue weighted by Crippen LogP contribution is -2.14. The van der Waals surface area contributed by atoms with Gasteiger partial charge in [0, 0.05) is 5.56 Å². The van der Waals surface area contributed by atoms with Crippen LogP contribution < -0.4 is 0 Å². The maximum absolute atomic E-state index is 11.8. The molecule has 4 nitrogen and oxygen atoms in total. The van der Waals surface area contributed by atoms with Crippen molar-refractivity contribution in [2.75, 3.05) is 0 Å². The SMILES string of the molecule is CC(C)(O)C#Cc1ccc(/C=N/OC(=O)c2ccccc2Cl)cc1. The summed E-state index contributed by atoms with van der Waals surface area (Å²) in [6.45, 7) is 3.24. The van der Waals surface area contributed by atoms with Crippen molar-refractivity contribution in [1.29, 1.82) is 0 Å². The molecule has 0 aliphatic carbocycles. The molecule has 5 heteroatoms. The zero-order chi connectivity index (χ0) is 17.6. The number of hydrogen-bond acceptors (Lipinski definition) is 4. The molecule has 0 saturated carbocycles. The third-order valence-corrected chi connectivity index (χ3v) is 3.18. The van der Waals surface area contributed by atoms with Crippen LogP contribution in [0.25, 0.3) is 0 Å². The summed E-state index contributed by atoms with van der Waals surface area (Å²) in [6.07, 6.45) is 1.42. The predicted molar refractivity (Wildman–Crippen MR) is 94.1 cm³/mol. The van der Waals surface area contributed by atoms with E-state index < -0.39 is 11.6 Å². The van der Waals surface area contributed by atoms with Crippen molar-refractivity contribution in [1.82, 2.24) is 0 Å². The second kappa shape index (κ2) is 7.78. The Kier molecular flexibility index (Phi) is 5.75. The molecule has 0 atom stereocenters. The Hall–Kier alpha value is -2.61. The normalized spacial score (nSPS) is 11.0. The first-order valence-electron chi connectivity index (χ1n) is 7.20. The lowest BCUT2D eigenvalue weighted by atomic mass is 10.1. The van der Waals surface area contributed by atoms with E-state index in [4.69, 9.17) is 16.4 Å². The number of halogens is 1. The number of oxime groups is 1. The van der Waals surface area contributed by atoms with Crippen LogP contribution in [0.1, 0.15) is 35.3 Å². The van der Waals surface area contributed by atoms with E-state index in [1.54, 1.807) is 62.4 Å². The summed E-state index contributed by atoms with van der Waals surface area (Å²) >= 11 is 5.91. The van der Waals surface area contributed by atoms with Crippen molar-refractivity contribution in [3.05, 3.63) is 70.2 Å². The van der Waals surface area contributed by atoms with Crippen LogP contribution in [0, 0.1) is 11.8 Å². The average Bonchev–Trinajstić information content (AvgIpc) is 2.53. The number of carbonyl (C=O) groups excluding carboxylic acids is 1. The summed E-state index contributed by atoms with van der Waals surface area (Å²) in [5.74, 6) is 4.98. The van der Waals surface area contributed by atoms with Crippen LogP contribution in [0.3, 0.4) is 0 Å². The third kappa shape index (κ3) is 5.54. The molecule has 1 N–H and O–H groups in total. The second-order valence-electron chi connectivity index (χ2n) is 5.52. The van der Waals surface area contributed by atoms with E-state index in [-0.39, 0.29) is 5.56 Å². The fraction of sp³-hybridized carbons (Fsp3) is 0.158. The monoisotopic (exact) mass is 341 g/mol. The van der Waals surface area contributed by atoms with E-state index >= 15 is 0 Å². The number of carbonyl (C=O) groups is 1. The van der Waals surface area contributed by atoms with Gasteiger partial charge in [-0.25, -0.2) is 4.79 Å². The summed E-state index contributed by atoms with van der Waals surface area (Å²) in [4.78, 5) is 16.6. The summed E-state index contributed by atoms with van der Waals surface area (Å²) in [5.41, 5.74) is 0.735. The van der Waals surface area contributed by atoms with Crippen LogP contribution in [0.4, 0.5) is 0 Å². The van der Waals surface area contributed by atoms with Crippen LogP contribution in [-0.2, 0) is 4.84 Å². The van der Waals surface area contributed by atoms with Gasteiger partial charge in [0.25, 0.3) is 0 Å². The van der Waals surface area contributed by atoms with Crippen LogP contribution in [0.5, 0.6) is 0 Å².